The van der Waals surface area contributed by atoms with Crippen molar-refractivity contribution in [3.05, 3.63) is 40.5 Å². The van der Waals surface area contributed by atoms with Gasteiger partial charge in [0.15, 0.2) is 0 Å². The average Bonchev–Trinajstić information content (AvgIpc) is 3.01. The van der Waals surface area contributed by atoms with Gasteiger partial charge in [-0.3, -0.25) is 9.48 Å². The molecule has 0 radical (unpaired) electrons. The SMILES string of the molecule is Cc1cc(C(=O)NC(C)Cn2nc(C)cc2C)c2c(C)noc2n1. The first kappa shape index (κ1) is 16.2. The minimum atomic E-state index is -0.161. The molecule has 0 saturated carbocycles. The van der Waals surface area contributed by atoms with Gasteiger partial charge >= 0.3 is 0 Å². The Balaban J connectivity index is 1.82. The molecule has 1 amide bonds. The molecular formula is C17H21N5O2. The molecule has 0 bridgehead atoms. The summed E-state index contributed by atoms with van der Waals surface area (Å²) in [7, 11) is 0. The van der Waals surface area contributed by atoms with Crippen molar-refractivity contribution in [1.82, 2.24) is 25.2 Å². The van der Waals surface area contributed by atoms with Gasteiger partial charge in [-0.2, -0.15) is 5.10 Å². The van der Waals surface area contributed by atoms with Gasteiger partial charge < -0.3 is 9.84 Å². The van der Waals surface area contributed by atoms with E-state index in [1.54, 1.807) is 13.0 Å². The van der Waals surface area contributed by atoms with Crippen LogP contribution in [0.5, 0.6) is 0 Å². The number of nitrogens with one attached hydrogen (secondary N) is 1. The molecule has 0 aliphatic rings. The predicted octanol–water partition coefficient (Wildman–Crippen LogP) is 2.47. The van der Waals surface area contributed by atoms with Crippen molar-refractivity contribution >= 4 is 17.0 Å². The maximum atomic E-state index is 12.7. The third-order valence-corrected chi connectivity index (χ3v) is 3.92. The molecule has 24 heavy (non-hydrogen) atoms. The smallest absolute Gasteiger partial charge is 0.258 e. The molecule has 3 heterocycles. The number of carbonyl (C=O) groups excluding carboxylic acids is 1. The quantitative estimate of drug-likeness (QED) is 0.795. The first-order valence-electron chi connectivity index (χ1n) is 7.90. The van der Waals surface area contributed by atoms with Crippen LogP contribution in [-0.2, 0) is 6.54 Å². The van der Waals surface area contributed by atoms with Gasteiger partial charge in [-0.25, -0.2) is 4.98 Å². The van der Waals surface area contributed by atoms with Crippen molar-refractivity contribution in [3.8, 4) is 0 Å². The predicted molar refractivity (Wildman–Crippen MR) is 89.9 cm³/mol. The summed E-state index contributed by atoms with van der Waals surface area (Å²) in [6, 6.07) is 3.71. The van der Waals surface area contributed by atoms with Crippen LogP contribution in [0.1, 0.15) is 40.1 Å². The summed E-state index contributed by atoms with van der Waals surface area (Å²) in [6.07, 6.45) is 0. The molecule has 0 fully saturated rings. The Morgan fingerprint density at radius 2 is 2.00 bits per heavy atom. The van der Waals surface area contributed by atoms with Crippen LogP contribution in [0.15, 0.2) is 16.7 Å². The third kappa shape index (κ3) is 3.02. The van der Waals surface area contributed by atoms with Crippen molar-refractivity contribution in [3.63, 3.8) is 0 Å². The summed E-state index contributed by atoms with van der Waals surface area (Å²) in [5, 5.41) is 12.0. The standard InChI is InChI=1S/C17H21N5O2/c1-9-7-14(15-13(5)21-24-17(15)19-9)16(23)18-11(3)8-22-12(4)6-10(2)20-22/h6-7,11H,8H2,1-5H3,(H,18,23). The van der Waals surface area contributed by atoms with Crippen molar-refractivity contribution in [2.45, 2.75) is 47.2 Å². The lowest BCUT2D eigenvalue weighted by molar-refractivity contribution is 0.0937. The second-order valence-corrected chi connectivity index (χ2v) is 6.24. The van der Waals surface area contributed by atoms with Gasteiger partial charge in [-0.05, 0) is 46.8 Å². The van der Waals surface area contributed by atoms with Gasteiger partial charge in [0.25, 0.3) is 11.6 Å². The number of hydrogen-bond donors (Lipinski definition) is 1. The Morgan fingerprint density at radius 3 is 2.67 bits per heavy atom. The lowest BCUT2D eigenvalue weighted by Gasteiger charge is -2.15. The van der Waals surface area contributed by atoms with E-state index in [1.165, 1.54) is 0 Å². The highest BCUT2D eigenvalue weighted by molar-refractivity contribution is 6.06. The molecule has 3 aromatic heterocycles. The first-order chi connectivity index (χ1) is 11.3. The van der Waals surface area contributed by atoms with E-state index < -0.39 is 0 Å². The molecule has 1 atom stereocenters. The van der Waals surface area contributed by atoms with Gasteiger partial charge in [0.2, 0.25) is 0 Å². The summed E-state index contributed by atoms with van der Waals surface area (Å²) in [5.41, 5.74) is 4.35. The molecular weight excluding hydrogens is 306 g/mol. The monoisotopic (exact) mass is 327 g/mol. The van der Waals surface area contributed by atoms with Gasteiger partial charge in [0.1, 0.15) is 0 Å². The Kier molecular flexibility index (Phi) is 4.09. The molecule has 1 unspecified atom stereocenters. The van der Waals surface area contributed by atoms with Gasteiger partial charge in [0.05, 0.1) is 28.9 Å². The van der Waals surface area contributed by atoms with E-state index in [0.717, 1.165) is 17.1 Å². The van der Waals surface area contributed by atoms with Crippen LogP contribution in [0.25, 0.3) is 11.1 Å². The zero-order valence-electron chi connectivity index (χ0n) is 14.5. The summed E-state index contributed by atoms with van der Waals surface area (Å²) in [6.45, 7) is 10.2. The van der Waals surface area contributed by atoms with Crippen molar-refractivity contribution < 1.29 is 9.32 Å². The molecule has 0 aromatic carbocycles. The molecule has 0 aliphatic carbocycles. The highest BCUT2D eigenvalue weighted by atomic mass is 16.5. The fourth-order valence-electron chi connectivity index (χ4n) is 2.86. The Bertz CT molecular complexity index is 909. The highest BCUT2D eigenvalue weighted by Gasteiger charge is 2.19. The minimum Gasteiger partial charge on any atom is -0.348 e. The molecule has 0 saturated heterocycles. The zero-order chi connectivity index (χ0) is 17.4. The average molecular weight is 327 g/mol. The van der Waals surface area contributed by atoms with Gasteiger partial charge in [-0.15, -0.1) is 0 Å². The van der Waals surface area contributed by atoms with Crippen LogP contribution in [0.3, 0.4) is 0 Å². The normalized spacial score (nSPS) is 12.5. The van der Waals surface area contributed by atoms with Crippen LogP contribution < -0.4 is 5.32 Å². The van der Waals surface area contributed by atoms with Crippen LogP contribution in [0.2, 0.25) is 0 Å². The molecule has 0 spiro atoms. The van der Waals surface area contributed by atoms with Crippen LogP contribution >= 0.6 is 0 Å². The van der Waals surface area contributed by atoms with Gasteiger partial charge in [-0.1, -0.05) is 5.16 Å². The lowest BCUT2D eigenvalue weighted by Crippen LogP contribution is -2.36. The Labute approximate surface area is 140 Å². The van der Waals surface area contributed by atoms with E-state index in [9.17, 15) is 4.79 Å². The van der Waals surface area contributed by atoms with E-state index >= 15 is 0 Å². The zero-order valence-corrected chi connectivity index (χ0v) is 14.5. The maximum absolute atomic E-state index is 12.7. The lowest BCUT2D eigenvalue weighted by atomic mass is 10.1. The minimum absolute atomic E-state index is 0.0702. The van der Waals surface area contributed by atoms with E-state index in [1.807, 2.05) is 38.4 Å². The van der Waals surface area contributed by atoms with Gasteiger partial charge in [0, 0.05) is 17.4 Å². The molecule has 0 aliphatic heterocycles. The summed E-state index contributed by atoms with van der Waals surface area (Å²) < 4.78 is 7.09. The number of nitrogens with zero attached hydrogens (tertiary/aromatic N) is 4. The summed E-state index contributed by atoms with van der Waals surface area (Å²) >= 11 is 0. The van der Waals surface area contributed by atoms with Crippen molar-refractivity contribution in [2.75, 3.05) is 0 Å². The van der Waals surface area contributed by atoms with E-state index in [0.29, 0.717) is 28.9 Å². The largest absolute Gasteiger partial charge is 0.348 e. The fraction of sp³-hybridized carbons (Fsp3) is 0.412. The van der Waals surface area contributed by atoms with Crippen LogP contribution in [0, 0.1) is 27.7 Å². The number of hydrogen-bond acceptors (Lipinski definition) is 5. The van der Waals surface area contributed by atoms with Crippen molar-refractivity contribution in [2.24, 2.45) is 0 Å². The molecule has 7 heteroatoms. The second-order valence-electron chi connectivity index (χ2n) is 6.24. The van der Waals surface area contributed by atoms with E-state index in [4.69, 9.17) is 4.52 Å². The molecule has 1 N–H and O–H groups in total. The van der Waals surface area contributed by atoms with Crippen LogP contribution in [0.4, 0.5) is 0 Å². The third-order valence-electron chi connectivity index (χ3n) is 3.92. The summed E-state index contributed by atoms with van der Waals surface area (Å²) in [4.78, 5) is 17.0. The molecule has 126 valence electrons. The Morgan fingerprint density at radius 1 is 1.25 bits per heavy atom. The molecule has 3 aromatic rings. The molecule has 7 nitrogen and oxygen atoms in total. The number of carbonyl (C=O) groups is 1. The number of fused-ring (bicyclic) bond motifs is 1. The topological polar surface area (TPSA) is 85.8 Å². The number of aryl methyl sites for hydroxylation is 4. The fourth-order valence-corrected chi connectivity index (χ4v) is 2.86. The number of pyridine rings is 1. The van der Waals surface area contributed by atoms with E-state index in [2.05, 4.69) is 20.6 Å². The highest BCUT2D eigenvalue weighted by Crippen LogP contribution is 2.21. The number of rotatable bonds is 4. The second kappa shape index (κ2) is 6.07. The first-order valence-corrected chi connectivity index (χ1v) is 7.90. The molecule has 3 rings (SSSR count). The van der Waals surface area contributed by atoms with Crippen molar-refractivity contribution in [1.29, 1.82) is 0 Å². The van der Waals surface area contributed by atoms with Crippen LogP contribution in [-0.4, -0.2) is 31.9 Å². The maximum Gasteiger partial charge on any atom is 0.258 e. The number of aromatic nitrogens is 4. The Hall–Kier alpha value is -2.70. The van der Waals surface area contributed by atoms with E-state index in [-0.39, 0.29) is 11.9 Å². The summed E-state index contributed by atoms with van der Waals surface area (Å²) in [5.74, 6) is -0.161. The number of amides is 1.